The molecule has 0 aromatic heterocycles. The van der Waals surface area contributed by atoms with Crippen LogP contribution in [0, 0.1) is 0 Å². The standard InChI is InChI=1S/C36H62O7/c1-3-5-7-9-11-13-18-22-40-33-36(43-23-19-14-12-10-8-6-4-2)34-42-31-29-39-27-25-37-24-26-38-28-30-41-32-35-20-16-15-17-21-35/h3-4,15-17,20-21,36H,1-2,5-14,18-19,22-34H2/t36-/m0/s1. The first-order valence-corrected chi connectivity index (χ1v) is 16.7. The molecule has 7 nitrogen and oxygen atoms in total. The first-order chi connectivity index (χ1) is 21.4. The molecular weight excluding hydrogens is 544 g/mol. The van der Waals surface area contributed by atoms with Gasteiger partial charge < -0.3 is 33.2 Å². The molecule has 0 aliphatic carbocycles. The molecule has 1 rings (SSSR count). The third kappa shape index (κ3) is 28.9. The van der Waals surface area contributed by atoms with Crippen molar-refractivity contribution in [1.29, 1.82) is 0 Å². The van der Waals surface area contributed by atoms with Crippen molar-refractivity contribution in [2.75, 3.05) is 79.3 Å². The summed E-state index contributed by atoms with van der Waals surface area (Å²) >= 11 is 0. The summed E-state index contributed by atoms with van der Waals surface area (Å²) < 4.78 is 40.3. The molecule has 0 bridgehead atoms. The van der Waals surface area contributed by atoms with Crippen LogP contribution in [0.3, 0.4) is 0 Å². The van der Waals surface area contributed by atoms with Crippen LogP contribution in [0.1, 0.15) is 82.6 Å². The lowest BCUT2D eigenvalue weighted by Gasteiger charge is -2.18. The Morgan fingerprint density at radius 3 is 1.47 bits per heavy atom. The fraction of sp³-hybridized carbons (Fsp3) is 0.722. The molecule has 0 N–H and O–H groups in total. The van der Waals surface area contributed by atoms with Gasteiger partial charge in [-0.15, -0.1) is 13.2 Å². The number of allylic oxidation sites excluding steroid dienone is 2. The van der Waals surface area contributed by atoms with Crippen LogP contribution in [-0.4, -0.2) is 85.4 Å². The van der Waals surface area contributed by atoms with E-state index in [0.717, 1.165) is 38.9 Å². The molecule has 43 heavy (non-hydrogen) atoms. The van der Waals surface area contributed by atoms with E-state index >= 15 is 0 Å². The van der Waals surface area contributed by atoms with Crippen LogP contribution in [0.15, 0.2) is 55.6 Å². The Morgan fingerprint density at radius 2 is 0.907 bits per heavy atom. The van der Waals surface area contributed by atoms with E-state index in [4.69, 9.17) is 33.2 Å². The molecule has 1 atom stereocenters. The number of benzene rings is 1. The quantitative estimate of drug-likeness (QED) is 0.0579. The Balaban J connectivity index is 1.99. The number of ether oxygens (including phenoxy) is 7. The molecule has 0 saturated heterocycles. The third-order valence-electron chi connectivity index (χ3n) is 6.81. The summed E-state index contributed by atoms with van der Waals surface area (Å²) in [5, 5.41) is 0. The second kappa shape index (κ2) is 33.3. The Labute approximate surface area is 263 Å². The molecule has 1 aromatic rings. The highest BCUT2D eigenvalue weighted by molar-refractivity contribution is 5.13. The molecule has 0 aliphatic heterocycles. The largest absolute Gasteiger partial charge is 0.379 e. The van der Waals surface area contributed by atoms with Crippen molar-refractivity contribution in [2.45, 2.75) is 89.8 Å². The molecule has 0 spiro atoms. The van der Waals surface area contributed by atoms with E-state index in [2.05, 4.69) is 25.3 Å². The van der Waals surface area contributed by atoms with Gasteiger partial charge in [0.1, 0.15) is 6.10 Å². The van der Waals surface area contributed by atoms with Crippen molar-refractivity contribution in [3.8, 4) is 0 Å². The third-order valence-corrected chi connectivity index (χ3v) is 6.81. The Morgan fingerprint density at radius 1 is 0.465 bits per heavy atom. The highest BCUT2D eigenvalue weighted by atomic mass is 16.6. The van der Waals surface area contributed by atoms with Crippen LogP contribution in [0.25, 0.3) is 0 Å². The molecule has 248 valence electrons. The highest BCUT2D eigenvalue weighted by Gasteiger charge is 2.10. The van der Waals surface area contributed by atoms with Crippen LogP contribution < -0.4 is 0 Å². The minimum Gasteiger partial charge on any atom is -0.379 e. The van der Waals surface area contributed by atoms with Gasteiger partial charge >= 0.3 is 0 Å². The van der Waals surface area contributed by atoms with Crippen LogP contribution in [0.2, 0.25) is 0 Å². The summed E-state index contributed by atoms with van der Waals surface area (Å²) in [4.78, 5) is 0. The second-order valence-corrected chi connectivity index (χ2v) is 10.7. The average Bonchev–Trinajstić information content (AvgIpc) is 3.03. The van der Waals surface area contributed by atoms with Gasteiger partial charge in [0, 0.05) is 13.2 Å². The van der Waals surface area contributed by atoms with E-state index in [9.17, 15) is 0 Å². The lowest BCUT2D eigenvalue weighted by molar-refractivity contribution is -0.0702. The number of hydrogen-bond donors (Lipinski definition) is 0. The molecule has 0 heterocycles. The first-order valence-electron chi connectivity index (χ1n) is 16.7. The van der Waals surface area contributed by atoms with Gasteiger partial charge in [0.15, 0.2) is 0 Å². The molecular formula is C36H62O7. The van der Waals surface area contributed by atoms with Crippen LogP contribution in [0.4, 0.5) is 0 Å². The summed E-state index contributed by atoms with van der Waals surface area (Å²) in [5.41, 5.74) is 1.17. The summed E-state index contributed by atoms with van der Waals surface area (Å²) in [6.07, 6.45) is 18.3. The molecule has 0 aliphatic rings. The Hall–Kier alpha value is -1.58. The molecule has 1 aromatic carbocycles. The summed E-state index contributed by atoms with van der Waals surface area (Å²) in [6.45, 7) is 15.2. The molecule has 0 saturated carbocycles. The molecule has 0 fully saturated rings. The zero-order valence-electron chi connectivity index (χ0n) is 27.1. The number of unbranched alkanes of at least 4 members (excludes halogenated alkanes) is 10. The van der Waals surface area contributed by atoms with Gasteiger partial charge in [-0.2, -0.15) is 0 Å². The van der Waals surface area contributed by atoms with Crippen molar-refractivity contribution in [2.24, 2.45) is 0 Å². The first kappa shape index (κ1) is 39.4. The van der Waals surface area contributed by atoms with Gasteiger partial charge in [-0.05, 0) is 44.1 Å². The molecule has 0 unspecified atom stereocenters. The predicted octanol–water partition coefficient (Wildman–Crippen LogP) is 7.72. The van der Waals surface area contributed by atoms with Gasteiger partial charge in [0.05, 0.1) is 72.7 Å². The lowest BCUT2D eigenvalue weighted by atomic mass is 10.1. The van der Waals surface area contributed by atoms with Gasteiger partial charge in [0.2, 0.25) is 0 Å². The summed E-state index contributed by atoms with van der Waals surface area (Å²) in [7, 11) is 0. The number of rotatable bonds is 35. The van der Waals surface area contributed by atoms with Crippen molar-refractivity contribution >= 4 is 0 Å². The molecule has 0 amide bonds. The normalized spacial score (nSPS) is 12.0. The minimum absolute atomic E-state index is 0.0413. The van der Waals surface area contributed by atoms with Gasteiger partial charge in [0.25, 0.3) is 0 Å². The zero-order valence-corrected chi connectivity index (χ0v) is 27.1. The van der Waals surface area contributed by atoms with E-state index in [1.54, 1.807) is 0 Å². The monoisotopic (exact) mass is 606 g/mol. The molecule has 7 heteroatoms. The highest BCUT2D eigenvalue weighted by Crippen LogP contribution is 2.08. The average molecular weight is 607 g/mol. The van der Waals surface area contributed by atoms with E-state index in [-0.39, 0.29) is 6.10 Å². The smallest absolute Gasteiger partial charge is 0.104 e. The SMILES string of the molecule is C=CCCCCCCCOC[C@@H](COCCOCCOCCOCCOCc1ccccc1)OCCCCCCCC=C. The van der Waals surface area contributed by atoms with Gasteiger partial charge in [-0.3, -0.25) is 0 Å². The Bertz CT molecular complexity index is 700. The number of hydrogen-bond acceptors (Lipinski definition) is 7. The van der Waals surface area contributed by atoms with E-state index in [1.807, 2.05) is 30.4 Å². The topological polar surface area (TPSA) is 64.6 Å². The fourth-order valence-electron chi connectivity index (χ4n) is 4.31. The summed E-state index contributed by atoms with van der Waals surface area (Å²) in [6, 6.07) is 10.1. The van der Waals surface area contributed by atoms with Crippen molar-refractivity contribution < 1.29 is 33.2 Å². The Kier molecular flexibility index (Phi) is 30.6. The van der Waals surface area contributed by atoms with Gasteiger partial charge in [-0.1, -0.05) is 81.0 Å². The fourth-order valence-corrected chi connectivity index (χ4v) is 4.31. The van der Waals surface area contributed by atoms with Crippen LogP contribution in [0.5, 0.6) is 0 Å². The summed E-state index contributed by atoms with van der Waals surface area (Å²) in [5.74, 6) is 0. The van der Waals surface area contributed by atoms with E-state index < -0.39 is 0 Å². The maximum atomic E-state index is 6.12. The predicted molar refractivity (Wildman–Crippen MR) is 176 cm³/mol. The lowest BCUT2D eigenvalue weighted by Crippen LogP contribution is -2.27. The van der Waals surface area contributed by atoms with Crippen molar-refractivity contribution in [3.05, 3.63) is 61.2 Å². The van der Waals surface area contributed by atoms with Crippen LogP contribution in [-0.2, 0) is 39.8 Å². The molecule has 0 radical (unpaired) electrons. The maximum absolute atomic E-state index is 6.12. The zero-order chi connectivity index (χ0) is 30.7. The van der Waals surface area contributed by atoms with Crippen molar-refractivity contribution in [1.82, 2.24) is 0 Å². The van der Waals surface area contributed by atoms with Crippen LogP contribution >= 0.6 is 0 Å². The second-order valence-electron chi connectivity index (χ2n) is 10.7. The maximum Gasteiger partial charge on any atom is 0.104 e. The van der Waals surface area contributed by atoms with Gasteiger partial charge in [-0.25, -0.2) is 0 Å². The van der Waals surface area contributed by atoms with E-state index in [0.29, 0.717) is 72.7 Å². The minimum atomic E-state index is -0.0413. The van der Waals surface area contributed by atoms with E-state index in [1.165, 1.54) is 56.9 Å². The van der Waals surface area contributed by atoms with Crippen molar-refractivity contribution in [3.63, 3.8) is 0 Å².